The van der Waals surface area contributed by atoms with Gasteiger partial charge >= 0.3 is 6.03 Å². The Morgan fingerprint density at radius 1 is 1.06 bits per heavy atom. The molecule has 3 aromatic rings. The number of rotatable bonds is 6. The third-order valence-corrected chi connectivity index (χ3v) is 5.37. The summed E-state index contributed by atoms with van der Waals surface area (Å²) in [6, 6.07) is 17.1. The summed E-state index contributed by atoms with van der Waals surface area (Å²) >= 11 is 0. The standard InChI is InChI=1S/C24H26N4O3/c1-3-25-24(30)27-19-9-6-8-18(14-19)26-23(29)20-11-12-31-22(20)15-28-16(2)13-17-7-4-5-10-21(17)28/h4-12,14,16H,3,13,15H2,1-2H3,(H,26,29)(H2,25,27,30). The lowest BCUT2D eigenvalue weighted by Gasteiger charge is -2.24. The van der Waals surface area contributed by atoms with Crippen LogP contribution in [0.15, 0.2) is 65.3 Å². The molecule has 1 aromatic heterocycles. The van der Waals surface area contributed by atoms with Crippen LogP contribution >= 0.6 is 0 Å². The maximum atomic E-state index is 12.9. The summed E-state index contributed by atoms with van der Waals surface area (Å²) in [6.45, 7) is 5.08. The van der Waals surface area contributed by atoms with E-state index in [1.807, 2.05) is 13.0 Å². The molecule has 2 heterocycles. The molecular weight excluding hydrogens is 392 g/mol. The molecule has 31 heavy (non-hydrogen) atoms. The van der Waals surface area contributed by atoms with Gasteiger partial charge in [-0.05, 0) is 56.2 Å². The number of para-hydroxylation sites is 1. The largest absolute Gasteiger partial charge is 0.467 e. The summed E-state index contributed by atoms with van der Waals surface area (Å²) in [6.07, 6.45) is 2.52. The van der Waals surface area contributed by atoms with Gasteiger partial charge in [0.25, 0.3) is 5.91 Å². The number of furan rings is 1. The first-order valence-corrected chi connectivity index (χ1v) is 10.4. The molecule has 1 unspecified atom stereocenters. The Morgan fingerprint density at radius 2 is 1.84 bits per heavy atom. The zero-order chi connectivity index (χ0) is 21.8. The van der Waals surface area contributed by atoms with E-state index < -0.39 is 0 Å². The van der Waals surface area contributed by atoms with Crippen molar-refractivity contribution in [3.8, 4) is 0 Å². The lowest BCUT2D eigenvalue weighted by atomic mass is 10.1. The maximum Gasteiger partial charge on any atom is 0.319 e. The fourth-order valence-electron chi connectivity index (χ4n) is 3.90. The van der Waals surface area contributed by atoms with Crippen LogP contribution in [0.2, 0.25) is 0 Å². The molecule has 3 N–H and O–H groups in total. The minimum Gasteiger partial charge on any atom is -0.467 e. The Balaban J connectivity index is 1.47. The average Bonchev–Trinajstić information content (AvgIpc) is 3.33. The predicted octanol–water partition coefficient (Wildman–Crippen LogP) is 4.62. The highest BCUT2D eigenvalue weighted by Crippen LogP contribution is 2.33. The molecule has 160 valence electrons. The Hall–Kier alpha value is -3.74. The molecular formula is C24H26N4O3. The van der Waals surface area contributed by atoms with Gasteiger partial charge in [-0.15, -0.1) is 0 Å². The second-order valence-corrected chi connectivity index (χ2v) is 7.59. The lowest BCUT2D eigenvalue weighted by molar-refractivity contribution is 0.102. The summed E-state index contributed by atoms with van der Waals surface area (Å²) in [7, 11) is 0. The zero-order valence-corrected chi connectivity index (χ0v) is 17.6. The number of carbonyl (C=O) groups excluding carboxylic acids is 2. The fraction of sp³-hybridized carbons (Fsp3) is 0.250. The average molecular weight is 418 g/mol. The Morgan fingerprint density at radius 3 is 2.65 bits per heavy atom. The van der Waals surface area contributed by atoms with E-state index >= 15 is 0 Å². The molecule has 0 aliphatic carbocycles. The van der Waals surface area contributed by atoms with Crippen LogP contribution in [0.1, 0.15) is 35.5 Å². The number of nitrogens with zero attached hydrogens (tertiary/aromatic N) is 1. The Bertz CT molecular complexity index is 1090. The van der Waals surface area contributed by atoms with E-state index in [2.05, 4.69) is 46.0 Å². The first-order valence-electron chi connectivity index (χ1n) is 10.4. The van der Waals surface area contributed by atoms with Crippen LogP contribution in [0.25, 0.3) is 0 Å². The van der Waals surface area contributed by atoms with E-state index in [9.17, 15) is 9.59 Å². The minimum atomic E-state index is -0.289. The fourth-order valence-corrected chi connectivity index (χ4v) is 3.90. The van der Waals surface area contributed by atoms with Gasteiger partial charge < -0.3 is 25.3 Å². The Kier molecular flexibility index (Phi) is 5.93. The molecule has 1 atom stereocenters. The first-order chi connectivity index (χ1) is 15.0. The van der Waals surface area contributed by atoms with E-state index in [1.54, 1.807) is 36.6 Å². The van der Waals surface area contributed by atoms with Crippen molar-refractivity contribution in [3.63, 3.8) is 0 Å². The van der Waals surface area contributed by atoms with E-state index in [-0.39, 0.29) is 11.9 Å². The molecule has 7 heteroatoms. The quantitative estimate of drug-likeness (QED) is 0.545. The van der Waals surface area contributed by atoms with Crippen LogP contribution in [-0.4, -0.2) is 24.5 Å². The van der Waals surface area contributed by atoms with Gasteiger partial charge in [0.05, 0.1) is 18.4 Å². The molecule has 0 bridgehead atoms. The van der Waals surface area contributed by atoms with Gasteiger partial charge in [0.2, 0.25) is 0 Å². The third-order valence-electron chi connectivity index (χ3n) is 5.37. The number of nitrogens with one attached hydrogen (secondary N) is 3. The van der Waals surface area contributed by atoms with Gasteiger partial charge in [-0.25, -0.2) is 4.79 Å². The first kappa shape index (κ1) is 20.5. The molecule has 2 aromatic carbocycles. The smallest absolute Gasteiger partial charge is 0.319 e. The van der Waals surface area contributed by atoms with Crippen molar-refractivity contribution in [1.82, 2.24) is 5.32 Å². The number of benzene rings is 2. The number of amides is 3. The molecule has 1 aliphatic heterocycles. The van der Waals surface area contributed by atoms with Gasteiger partial charge in [0.1, 0.15) is 5.76 Å². The Labute approximate surface area is 181 Å². The number of carbonyl (C=O) groups is 2. The normalized spacial score (nSPS) is 14.8. The van der Waals surface area contributed by atoms with Crippen LogP contribution in [-0.2, 0) is 13.0 Å². The molecule has 0 radical (unpaired) electrons. The predicted molar refractivity (Wildman–Crippen MR) is 122 cm³/mol. The number of hydrogen-bond donors (Lipinski definition) is 3. The number of anilines is 3. The number of hydrogen-bond acceptors (Lipinski definition) is 4. The van der Waals surface area contributed by atoms with Crippen molar-refractivity contribution in [2.75, 3.05) is 22.1 Å². The summed E-state index contributed by atoms with van der Waals surface area (Å²) < 4.78 is 5.68. The van der Waals surface area contributed by atoms with Crippen molar-refractivity contribution in [1.29, 1.82) is 0 Å². The van der Waals surface area contributed by atoms with Crippen molar-refractivity contribution >= 4 is 29.0 Å². The molecule has 0 saturated heterocycles. The minimum absolute atomic E-state index is 0.251. The van der Waals surface area contributed by atoms with Crippen molar-refractivity contribution in [2.45, 2.75) is 32.9 Å². The second kappa shape index (κ2) is 8.95. The van der Waals surface area contributed by atoms with Crippen LogP contribution in [0.3, 0.4) is 0 Å². The van der Waals surface area contributed by atoms with Crippen LogP contribution in [0.5, 0.6) is 0 Å². The van der Waals surface area contributed by atoms with Gasteiger partial charge in [0.15, 0.2) is 0 Å². The molecule has 3 amide bonds. The van der Waals surface area contributed by atoms with Crippen LogP contribution in [0.4, 0.5) is 21.9 Å². The topological polar surface area (TPSA) is 86.6 Å². The highest BCUT2D eigenvalue weighted by atomic mass is 16.3. The number of fused-ring (bicyclic) bond motifs is 1. The highest BCUT2D eigenvalue weighted by Gasteiger charge is 2.28. The molecule has 1 aliphatic rings. The van der Waals surface area contributed by atoms with Crippen LogP contribution < -0.4 is 20.9 Å². The second-order valence-electron chi connectivity index (χ2n) is 7.59. The molecule has 7 nitrogen and oxygen atoms in total. The summed E-state index contributed by atoms with van der Waals surface area (Å²) in [4.78, 5) is 26.9. The monoisotopic (exact) mass is 418 g/mol. The van der Waals surface area contributed by atoms with E-state index in [4.69, 9.17) is 4.42 Å². The highest BCUT2D eigenvalue weighted by molar-refractivity contribution is 6.05. The molecule has 0 spiro atoms. The number of urea groups is 1. The van der Waals surface area contributed by atoms with E-state index in [1.165, 1.54) is 11.3 Å². The van der Waals surface area contributed by atoms with Crippen molar-refractivity contribution in [2.24, 2.45) is 0 Å². The summed E-state index contributed by atoms with van der Waals surface area (Å²) in [5.74, 6) is 0.372. The third kappa shape index (κ3) is 4.55. The zero-order valence-electron chi connectivity index (χ0n) is 17.6. The van der Waals surface area contributed by atoms with Crippen LogP contribution in [0, 0.1) is 0 Å². The molecule has 4 rings (SSSR count). The summed E-state index contributed by atoms with van der Waals surface area (Å²) in [5, 5.41) is 8.31. The molecule has 0 saturated carbocycles. The van der Waals surface area contributed by atoms with E-state index in [0.717, 1.165) is 6.42 Å². The SMILES string of the molecule is CCNC(=O)Nc1cccc(NC(=O)c2ccoc2CN2c3ccccc3CC2C)c1. The molecule has 0 fully saturated rings. The lowest BCUT2D eigenvalue weighted by Crippen LogP contribution is -2.29. The van der Waals surface area contributed by atoms with Gasteiger partial charge in [-0.3, -0.25) is 4.79 Å². The van der Waals surface area contributed by atoms with Crippen molar-refractivity contribution in [3.05, 3.63) is 77.7 Å². The van der Waals surface area contributed by atoms with E-state index in [0.29, 0.717) is 41.8 Å². The van der Waals surface area contributed by atoms with Gasteiger partial charge in [-0.1, -0.05) is 24.3 Å². The summed E-state index contributed by atoms with van der Waals surface area (Å²) in [5.41, 5.74) is 4.18. The van der Waals surface area contributed by atoms with Gasteiger partial charge in [-0.2, -0.15) is 0 Å². The van der Waals surface area contributed by atoms with Gasteiger partial charge in [0, 0.05) is 29.6 Å². The van der Waals surface area contributed by atoms with Crippen molar-refractivity contribution < 1.29 is 14.0 Å². The maximum absolute atomic E-state index is 12.9.